The number of aromatic nitrogens is 2. The van der Waals surface area contributed by atoms with E-state index in [-0.39, 0.29) is 12.1 Å². The van der Waals surface area contributed by atoms with E-state index in [1.54, 1.807) is 16.2 Å². The Morgan fingerprint density at radius 3 is 2.88 bits per heavy atom. The maximum Gasteiger partial charge on any atom is 0.318 e. The smallest absolute Gasteiger partial charge is 0.318 e. The quantitative estimate of drug-likeness (QED) is 0.917. The number of aryl methyl sites for hydroxylation is 4. The normalized spacial score (nSPS) is 16.8. The number of carbonyl (C=O) groups excluding carboxylic acids is 1. The molecule has 130 valence electrons. The zero-order valence-corrected chi connectivity index (χ0v) is 15.5. The van der Waals surface area contributed by atoms with E-state index in [1.807, 2.05) is 20.9 Å². The van der Waals surface area contributed by atoms with Gasteiger partial charge in [0.05, 0.1) is 33.9 Å². The molecule has 1 aliphatic rings. The molecule has 0 unspecified atom stereocenters. The molecule has 1 aliphatic carbocycles. The van der Waals surface area contributed by atoms with Crippen molar-refractivity contribution < 1.29 is 9.21 Å². The van der Waals surface area contributed by atoms with Gasteiger partial charge in [0.15, 0.2) is 0 Å². The molecule has 1 N–H and O–H groups in total. The van der Waals surface area contributed by atoms with Crippen molar-refractivity contribution in [2.24, 2.45) is 0 Å². The van der Waals surface area contributed by atoms with Gasteiger partial charge >= 0.3 is 6.03 Å². The van der Waals surface area contributed by atoms with Crippen molar-refractivity contribution in [3.8, 4) is 0 Å². The summed E-state index contributed by atoms with van der Waals surface area (Å²) in [4.78, 5) is 24.6. The van der Waals surface area contributed by atoms with Gasteiger partial charge in [-0.05, 0) is 39.5 Å². The van der Waals surface area contributed by atoms with Crippen LogP contribution in [-0.4, -0.2) is 27.9 Å². The lowest BCUT2D eigenvalue weighted by Gasteiger charge is -2.30. The highest BCUT2D eigenvalue weighted by Gasteiger charge is 2.29. The largest absolute Gasteiger partial charge is 0.444 e. The number of oxazole rings is 1. The molecule has 0 aliphatic heterocycles. The summed E-state index contributed by atoms with van der Waals surface area (Å²) in [7, 11) is 1.85. The molecule has 0 saturated carbocycles. The molecular weight excluding hydrogens is 324 g/mol. The number of amides is 2. The van der Waals surface area contributed by atoms with Crippen molar-refractivity contribution >= 4 is 17.4 Å². The number of fused-ring (bicyclic) bond motifs is 1. The number of rotatable bonds is 4. The van der Waals surface area contributed by atoms with Crippen LogP contribution in [0.2, 0.25) is 0 Å². The van der Waals surface area contributed by atoms with Crippen LogP contribution in [0.25, 0.3) is 0 Å². The van der Waals surface area contributed by atoms with E-state index in [1.165, 1.54) is 10.6 Å². The molecule has 0 saturated heterocycles. The Morgan fingerprint density at radius 1 is 1.42 bits per heavy atom. The molecule has 2 amide bonds. The van der Waals surface area contributed by atoms with Crippen LogP contribution >= 0.6 is 11.3 Å². The fraction of sp³-hybridized carbons (Fsp3) is 0.588. The summed E-state index contributed by atoms with van der Waals surface area (Å²) in [5.41, 5.74) is 2.04. The van der Waals surface area contributed by atoms with E-state index >= 15 is 0 Å². The standard InChI is InChI=1S/C17H24N4O2S/c1-5-15-20-12-7-6-8-13(16(12)24-15)21(4)17(22)18-9-14-19-10(2)11(3)23-14/h13H,5-9H2,1-4H3,(H,18,22)/t13-/m0/s1. The molecule has 0 fully saturated rings. The number of carbonyl (C=O) groups is 1. The van der Waals surface area contributed by atoms with Crippen LogP contribution in [0, 0.1) is 13.8 Å². The third kappa shape index (κ3) is 3.31. The molecular formula is C17H24N4O2S. The first kappa shape index (κ1) is 17.0. The Morgan fingerprint density at radius 2 is 2.21 bits per heavy atom. The average Bonchev–Trinajstić information content (AvgIpc) is 3.14. The van der Waals surface area contributed by atoms with Gasteiger partial charge in [0.1, 0.15) is 5.76 Å². The zero-order valence-electron chi connectivity index (χ0n) is 14.7. The molecule has 6 nitrogen and oxygen atoms in total. The van der Waals surface area contributed by atoms with Gasteiger partial charge in [-0.25, -0.2) is 14.8 Å². The molecule has 0 aromatic carbocycles. The zero-order chi connectivity index (χ0) is 17.3. The van der Waals surface area contributed by atoms with Crippen molar-refractivity contribution in [1.82, 2.24) is 20.2 Å². The Hall–Kier alpha value is -1.89. The maximum atomic E-state index is 12.5. The van der Waals surface area contributed by atoms with Gasteiger partial charge in [0, 0.05) is 7.05 Å². The van der Waals surface area contributed by atoms with Crippen LogP contribution in [0.4, 0.5) is 4.79 Å². The lowest BCUT2D eigenvalue weighted by atomic mass is 9.97. The monoisotopic (exact) mass is 348 g/mol. The van der Waals surface area contributed by atoms with Crippen LogP contribution in [-0.2, 0) is 19.4 Å². The first-order valence-corrected chi connectivity index (χ1v) is 9.23. The van der Waals surface area contributed by atoms with Crippen LogP contribution in [0.5, 0.6) is 0 Å². The first-order chi connectivity index (χ1) is 11.5. The summed E-state index contributed by atoms with van der Waals surface area (Å²) < 4.78 is 5.51. The maximum absolute atomic E-state index is 12.5. The van der Waals surface area contributed by atoms with Gasteiger partial charge in [-0.2, -0.15) is 0 Å². The lowest BCUT2D eigenvalue weighted by molar-refractivity contribution is 0.183. The fourth-order valence-corrected chi connectivity index (χ4v) is 4.23. The first-order valence-electron chi connectivity index (χ1n) is 8.41. The number of nitrogens with zero attached hydrogens (tertiary/aromatic N) is 3. The minimum atomic E-state index is -0.104. The van der Waals surface area contributed by atoms with Crippen LogP contribution in [0.15, 0.2) is 4.42 Å². The van der Waals surface area contributed by atoms with Crippen LogP contribution in [0.1, 0.15) is 58.7 Å². The highest BCUT2D eigenvalue weighted by molar-refractivity contribution is 7.11. The Balaban J connectivity index is 1.66. The lowest BCUT2D eigenvalue weighted by Crippen LogP contribution is -2.40. The SMILES string of the molecule is CCc1nc2c(s1)[C@@H](N(C)C(=O)NCc1nc(C)c(C)o1)CCC2. The Bertz CT molecular complexity index is 718. The summed E-state index contributed by atoms with van der Waals surface area (Å²) in [5, 5.41) is 4.06. The van der Waals surface area contributed by atoms with E-state index < -0.39 is 0 Å². The molecule has 2 aromatic rings. The van der Waals surface area contributed by atoms with Crippen molar-refractivity contribution in [2.45, 2.75) is 59.0 Å². The minimum Gasteiger partial charge on any atom is -0.444 e. The second-order valence-electron chi connectivity index (χ2n) is 6.20. The topological polar surface area (TPSA) is 71.3 Å². The van der Waals surface area contributed by atoms with E-state index in [0.29, 0.717) is 12.4 Å². The molecule has 2 aromatic heterocycles. The van der Waals surface area contributed by atoms with E-state index in [2.05, 4.69) is 17.2 Å². The number of thiazole rings is 1. The summed E-state index contributed by atoms with van der Waals surface area (Å²) in [6.07, 6.45) is 4.02. The highest BCUT2D eigenvalue weighted by atomic mass is 32.1. The summed E-state index contributed by atoms with van der Waals surface area (Å²) in [6.45, 7) is 6.20. The predicted octanol–water partition coefficient (Wildman–Crippen LogP) is 3.53. The van der Waals surface area contributed by atoms with E-state index in [0.717, 1.165) is 42.1 Å². The molecule has 2 heterocycles. The molecule has 1 atom stereocenters. The summed E-state index contributed by atoms with van der Waals surface area (Å²) in [5.74, 6) is 1.34. The second kappa shape index (κ2) is 6.93. The van der Waals surface area contributed by atoms with E-state index in [9.17, 15) is 4.79 Å². The van der Waals surface area contributed by atoms with Gasteiger partial charge in [-0.1, -0.05) is 6.92 Å². The van der Waals surface area contributed by atoms with Gasteiger partial charge in [-0.15, -0.1) is 11.3 Å². The van der Waals surface area contributed by atoms with E-state index in [4.69, 9.17) is 9.40 Å². The molecule has 3 rings (SSSR count). The molecule has 24 heavy (non-hydrogen) atoms. The minimum absolute atomic E-state index is 0.104. The number of hydrogen-bond acceptors (Lipinski definition) is 5. The number of hydrogen-bond donors (Lipinski definition) is 1. The predicted molar refractivity (Wildman–Crippen MR) is 93.1 cm³/mol. The second-order valence-corrected chi connectivity index (χ2v) is 7.31. The molecule has 0 spiro atoms. The highest BCUT2D eigenvalue weighted by Crippen LogP contribution is 2.37. The molecule has 0 bridgehead atoms. The molecule has 0 radical (unpaired) electrons. The van der Waals surface area contributed by atoms with Crippen molar-refractivity contribution in [3.63, 3.8) is 0 Å². The third-order valence-electron chi connectivity index (χ3n) is 4.52. The molecule has 7 heteroatoms. The van der Waals surface area contributed by atoms with Gasteiger partial charge in [0.25, 0.3) is 0 Å². The third-order valence-corrected chi connectivity index (χ3v) is 5.86. The summed E-state index contributed by atoms with van der Waals surface area (Å²) in [6, 6.07) is 0.00684. The summed E-state index contributed by atoms with van der Waals surface area (Å²) >= 11 is 1.75. The average molecular weight is 348 g/mol. The van der Waals surface area contributed by atoms with Crippen molar-refractivity contribution in [1.29, 1.82) is 0 Å². The number of urea groups is 1. The van der Waals surface area contributed by atoms with Crippen molar-refractivity contribution in [3.05, 3.63) is 32.9 Å². The Kier molecular flexibility index (Phi) is 4.89. The number of nitrogens with one attached hydrogen (secondary N) is 1. The van der Waals surface area contributed by atoms with Gasteiger partial charge in [0.2, 0.25) is 5.89 Å². The van der Waals surface area contributed by atoms with Crippen LogP contribution in [0.3, 0.4) is 0 Å². The Labute approximate surface area is 146 Å². The van der Waals surface area contributed by atoms with Gasteiger partial charge < -0.3 is 14.6 Å². The van der Waals surface area contributed by atoms with Gasteiger partial charge in [-0.3, -0.25) is 0 Å². The fourth-order valence-electron chi connectivity index (χ4n) is 3.00. The van der Waals surface area contributed by atoms with Crippen molar-refractivity contribution in [2.75, 3.05) is 7.05 Å². The van der Waals surface area contributed by atoms with Crippen LogP contribution < -0.4 is 5.32 Å².